The Labute approximate surface area is 99.8 Å². The van der Waals surface area contributed by atoms with E-state index in [2.05, 4.69) is 11.1 Å². The van der Waals surface area contributed by atoms with Crippen LogP contribution >= 0.6 is 0 Å². The minimum absolute atomic E-state index is 0.167. The summed E-state index contributed by atoms with van der Waals surface area (Å²) < 4.78 is 0. The minimum atomic E-state index is -0.768. The molecule has 0 unspecified atom stereocenters. The summed E-state index contributed by atoms with van der Waals surface area (Å²) in [7, 11) is 0. The Kier molecular flexibility index (Phi) is 3.50. The zero-order valence-corrected chi connectivity index (χ0v) is 9.26. The quantitative estimate of drug-likeness (QED) is 0.871. The third-order valence-electron chi connectivity index (χ3n) is 2.52. The number of carboxylic acids is 1. The zero-order valence-electron chi connectivity index (χ0n) is 9.26. The van der Waals surface area contributed by atoms with Crippen molar-refractivity contribution < 1.29 is 9.90 Å². The van der Waals surface area contributed by atoms with Crippen LogP contribution in [-0.2, 0) is 11.2 Å². The molecule has 85 valence electrons. The van der Waals surface area contributed by atoms with Crippen LogP contribution in [0.5, 0.6) is 0 Å². The van der Waals surface area contributed by atoms with Crippen molar-refractivity contribution in [2.45, 2.75) is 12.8 Å². The second kappa shape index (κ2) is 5.25. The maximum absolute atomic E-state index is 10.4. The van der Waals surface area contributed by atoms with E-state index in [1.165, 1.54) is 0 Å². The molecule has 17 heavy (non-hydrogen) atoms. The highest BCUT2D eigenvalue weighted by Crippen LogP contribution is 2.18. The Balaban J connectivity index is 2.11. The molecule has 0 aliphatic rings. The molecule has 0 amide bonds. The Morgan fingerprint density at radius 1 is 1.24 bits per heavy atom. The Morgan fingerprint density at radius 2 is 2.00 bits per heavy atom. The van der Waals surface area contributed by atoms with Crippen molar-refractivity contribution in [1.29, 1.82) is 0 Å². The molecule has 0 aliphatic carbocycles. The molecular formula is C14H12NO2. The first kappa shape index (κ1) is 11.3. The van der Waals surface area contributed by atoms with Crippen LogP contribution in [0.4, 0.5) is 0 Å². The highest BCUT2D eigenvalue weighted by molar-refractivity contribution is 5.67. The largest absolute Gasteiger partial charge is 0.481 e. The lowest BCUT2D eigenvalue weighted by molar-refractivity contribution is -0.136. The Morgan fingerprint density at radius 3 is 2.59 bits per heavy atom. The number of pyridine rings is 1. The van der Waals surface area contributed by atoms with E-state index in [4.69, 9.17) is 5.11 Å². The molecular weight excluding hydrogens is 214 g/mol. The Hall–Kier alpha value is -2.16. The van der Waals surface area contributed by atoms with Crippen LogP contribution in [0.3, 0.4) is 0 Å². The normalized spacial score (nSPS) is 10.1. The number of benzene rings is 1. The van der Waals surface area contributed by atoms with E-state index in [9.17, 15) is 4.79 Å². The van der Waals surface area contributed by atoms with Crippen LogP contribution in [0, 0.1) is 6.07 Å². The van der Waals surface area contributed by atoms with Gasteiger partial charge in [0.15, 0.2) is 0 Å². The summed E-state index contributed by atoms with van der Waals surface area (Å²) in [6.45, 7) is 0. The van der Waals surface area contributed by atoms with Crippen molar-refractivity contribution in [2.24, 2.45) is 0 Å². The van der Waals surface area contributed by atoms with Gasteiger partial charge in [0.25, 0.3) is 0 Å². The maximum Gasteiger partial charge on any atom is 0.303 e. The number of hydrogen-bond donors (Lipinski definition) is 1. The minimum Gasteiger partial charge on any atom is -0.481 e. The first-order chi connectivity index (χ1) is 8.25. The van der Waals surface area contributed by atoms with Gasteiger partial charge < -0.3 is 5.11 Å². The van der Waals surface area contributed by atoms with E-state index in [1.54, 1.807) is 12.4 Å². The zero-order chi connectivity index (χ0) is 12.1. The fourth-order valence-corrected chi connectivity index (χ4v) is 1.60. The molecule has 0 bridgehead atoms. The number of carboxylic acid groups (broad SMARTS) is 1. The van der Waals surface area contributed by atoms with Crippen LogP contribution in [0.1, 0.15) is 12.0 Å². The summed E-state index contributed by atoms with van der Waals surface area (Å²) in [6.07, 6.45) is 4.13. The van der Waals surface area contributed by atoms with E-state index in [0.29, 0.717) is 6.42 Å². The van der Waals surface area contributed by atoms with Gasteiger partial charge in [0.1, 0.15) is 0 Å². The topological polar surface area (TPSA) is 50.2 Å². The molecule has 3 heteroatoms. The summed E-state index contributed by atoms with van der Waals surface area (Å²) >= 11 is 0. The summed E-state index contributed by atoms with van der Waals surface area (Å²) in [5, 5.41) is 8.59. The van der Waals surface area contributed by atoms with Crippen LogP contribution in [0.15, 0.2) is 42.7 Å². The third kappa shape index (κ3) is 3.14. The van der Waals surface area contributed by atoms with Crippen LogP contribution in [0.2, 0.25) is 0 Å². The molecule has 1 radical (unpaired) electrons. The van der Waals surface area contributed by atoms with E-state index < -0.39 is 5.97 Å². The van der Waals surface area contributed by atoms with E-state index >= 15 is 0 Å². The molecule has 0 saturated carbocycles. The number of aromatic nitrogens is 1. The number of aliphatic carboxylic acids is 1. The van der Waals surface area contributed by atoms with Gasteiger partial charge in [-0.2, -0.15) is 0 Å². The molecule has 0 saturated heterocycles. The molecule has 2 rings (SSSR count). The van der Waals surface area contributed by atoms with Crippen molar-refractivity contribution >= 4 is 5.97 Å². The highest BCUT2D eigenvalue weighted by atomic mass is 16.4. The van der Waals surface area contributed by atoms with Crippen molar-refractivity contribution in [3.05, 3.63) is 54.4 Å². The third-order valence-corrected chi connectivity index (χ3v) is 2.52. The summed E-state index contributed by atoms with van der Waals surface area (Å²) in [5.74, 6) is -0.768. The molecule has 1 heterocycles. The average Bonchev–Trinajstić information content (AvgIpc) is 2.38. The molecule has 3 nitrogen and oxygen atoms in total. The molecule has 0 aliphatic heterocycles. The van der Waals surface area contributed by atoms with E-state index in [0.717, 1.165) is 16.7 Å². The van der Waals surface area contributed by atoms with Gasteiger partial charge in [-0.05, 0) is 23.6 Å². The predicted octanol–water partition coefficient (Wildman–Crippen LogP) is 2.57. The fraction of sp³-hybridized carbons (Fsp3) is 0.143. The SMILES string of the molecule is O=C(O)CCc1ccc(-c2c[c]cnc2)cc1. The van der Waals surface area contributed by atoms with Crippen LogP contribution in [-0.4, -0.2) is 16.1 Å². The van der Waals surface area contributed by atoms with Crippen molar-refractivity contribution in [3.8, 4) is 11.1 Å². The fourth-order valence-electron chi connectivity index (χ4n) is 1.60. The molecule has 0 fully saturated rings. The van der Waals surface area contributed by atoms with Gasteiger partial charge in [0, 0.05) is 30.4 Å². The van der Waals surface area contributed by atoms with Gasteiger partial charge in [-0.25, -0.2) is 0 Å². The predicted molar refractivity (Wildman–Crippen MR) is 64.5 cm³/mol. The lowest BCUT2D eigenvalue weighted by atomic mass is 10.0. The van der Waals surface area contributed by atoms with Gasteiger partial charge in [-0.1, -0.05) is 24.3 Å². The number of nitrogens with zero attached hydrogens (tertiary/aromatic N) is 1. The second-order valence-corrected chi connectivity index (χ2v) is 3.76. The monoisotopic (exact) mass is 226 g/mol. The van der Waals surface area contributed by atoms with Crippen molar-refractivity contribution in [1.82, 2.24) is 4.98 Å². The summed E-state index contributed by atoms with van der Waals surface area (Å²) in [5.41, 5.74) is 3.11. The molecule has 2 aromatic rings. The van der Waals surface area contributed by atoms with Gasteiger partial charge in [0.05, 0.1) is 0 Å². The lowest BCUT2D eigenvalue weighted by Gasteiger charge is -2.02. The molecule has 0 spiro atoms. The maximum atomic E-state index is 10.4. The molecule has 1 aromatic heterocycles. The standard InChI is InChI=1S/C14H12NO2/c16-14(17)8-5-11-3-6-12(7-4-11)13-2-1-9-15-10-13/h2-4,6-7,9-10H,5,8H2,(H,16,17). The van der Waals surface area contributed by atoms with Gasteiger partial charge >= 0.3 is 5.97 Å². The molecule has 1 aromatic carbocycles. The van der Waals surface area contributed by atoms with Crippen LogP contribution in [0.25, 0.3) is 11.1 Å². The van der Waals surface area contributed by atoms with Crippen molar-refractivity contribution in [3.63, 3.8) is 0 Å². The number of aryl methyl sites for hydroxylation is 1. The number of hydrogen-bond acceptors (Lipinski definition) is 2. The van der Waals surface area contributed by atoms with Gasteiger partial charge in [-0.15, -0.1) is 0 Å². The van der Waals surface area contributed by atoms with Crippen molar-refractivity contribution in [2.75, 3.05) is 0 Å². The summed E-state index contributed by atoms with van der Waals surface area (Å²) in [6, 6.07) is 12.6. The molecule has 1 N–H and O–H groups in total. The average molecular weight is 226 g/mol. The van der Waals surface area contributed by atoms with Gasteiger partial charge in [-0.3, -0.25) is 9.78 Å². The van der Waals surface area contributed by atoms with E-state index in [1.807, 2.05) is 30.3 Å². The highest BCUT2D eigenvalue weighted by Gasteiger charge is 2.00. The van der Waals surface area contributed by atoms with Gasteiger partial charge in [0.2, 0.25) is 0 Å². The lowest BCUT2D eigenvalue weighted by Crippen LogP contribution is -1.97. The second-order valence-electron chi connectivity index (χ2n) is 3.76. The first-order valence-corrected chi connectivity index (χ1v) is 5.38. The number of carbonyl (C=O) groups is 1. The Bertz CT molecular complexity index is 491. The molecule has 0 atom stereocenters. The summed E-state index contributed by atoms with van der Waals surface area (Å²) in [4.78, 5) is 14.5. The smallest absolute Gasteiger partial charge is 0.303 e. The van der Waals surface area contributed by atoms with Crippen LogP contribution < -0.4 is 0 Å². The number of rotatable bonds is 4. The first-order valence-electron chi connectivity index (χ1n) is 5.38. The van der Waals surface area contributed by atoms with E-state index in [-0.39, 0.29) is 6.42 Å².